The lowest BCUT2D eigenvalue weighted by molar-refractivity contribution is -0.127. The van der Waals surface area contributed by atoms with Crippen molar-refractivity contribution in [3.05, 3.63) is 30.1 Å². The number of likely N-dealkylation sites (tertiary alicyclic amines) is 1. The van der Waals surface area contributed by atoms with Crippen molar-refractivity contribution in [3.63, 3.8) is 0 Å². The van der Waals surface area contributed by atoms with Gasteiger partial charge in [0.25, 0.3) is 0 Å². The molecule has 0 radical (unpaired) electrons. The van der Waals surface area contributed by atoms with E-state index < -0.39 is 0 Å². The number of anilines is 1. The van der Waals surface area contributed by atoms with Crippen LogP contribution in [-0.4, -0.2) is 40.4 Å². The van der Waals surface area contributed by atoms with Crippen LogP contribution in [0.25, 0.3) is 10.9 Å². The van der Waals surface area contributed by atoms with Gasteiger partial charge in [-0.25, -0.2) is 9.97 Å². The van der Waals surface area contributed by atoms with Crippen molar-refractivity contribution >= 4 is 22.6 Å². The van der Waals surface area contributed by atoms with Crippen LogP contribution in [0.1, 0.15) is 24.8 Å². The van der Waals surface area contributed by atoms with Crippen LogP contribution in [0.2, 0.25) is 0 Å². The molecule has 0 spiro atoms. The summed E-state index contributed by atoms with van der Waals surface area (Å²) in [4.78, 5) is 22.1. The maximum Gasteiger partial charge on any atom is 0.222 e. The third-order valence-electron chi connectivity index (χ3n) is 3.94. The minimum absolute atomic E-state index is 0.290. The van der Waals surface area contributed by atoms with Gasteiger partial charge in [-0.3, -0.25) is 4.79 Å². The van der Waals surface area contributed by atoms with Gasteiger partial charge in [-0.05, 0) is 31.4 Å². The van der Waals surface area contributed by atoms with Crippen LogP contribution in [0.3, 0.4) is 0 Å². The van der Waals surface area contributed by atoms with E-state index in [1.165, 1.54) is 5.56 Å². The summed E-state index contributed by atoms with van der Waals surface area (Å²) in [7, 11) is 0. The van der Waals surface area contributed by atoms with Gasteiger partial charge in [0.2, 0.25) is 5.91 Å². The first-order valence-corrected chi connectivity index (χ1v) is 7.47. The Morgan fingerprint density at radius 1 is 1.33 bits per heavy atom. The molecule has 1 amide bonds. The number of hydrogen-bond donors (Lipinski definition) is 1. The van der Waals surface area contributed by atoms with E-state index in [0.29, 0.717) is 12.3 Å². The Hall–Kier alpha value is -2.17. The van der Waals surface area contributed by atoms with E-state index in [2.05, 4.69) is 28.3 Å². The quantitative estimate of drug-likeness (QED) is 0.856. The van der Waals surface area contributed by atoms with Crippen molar-refractivity contribution in [1.29, 1.82) is 0 Å². The monoisotopic (exact) mass is 284 g/mol. The van der Waals surface area contributed by atoms with Crippen molar-refractivity contribution in [3.8, 4) is 0 Å². The number of aryl methyl sites for hydroxylation is 1. The highest BCUT2D eigenvalue weighted by atomic mass is 16.2. The van der Waals surface area contributed by atoms with Crippen LogP contribution in [0.4, 0.5) is 5.82 Å². The van der Waals surface area contributed by atoms with E-state index >= 15 is 0 Å². The summed E-state index contributed by atoms with van der Waals surface area (Å²) in [5, 5.41) is 4.46. The van der Waals surface area contributed by atoms with E-state index in [1.54, 1.807) is 6.33 Å². The van der Waals surface area contributed by atoms with E-state index in [-0.39, 0.29) is 0 Å². The van der Waals surface area contributed by atoms with Gasteiger partial charge in [-0.2, -0.15) is 0 Å². The number of nitrogens with zero attached hydrogens (tertiary/aromatic N) is 3. The zero-order valence-corrected chi connectivity index (χ0v) is 12.3. The minimum Gasteiger partial charge on any atom is -0.369 e. The van der Waals surface area contributed by atoms with Crippen LogP contribution < -0.4 is 5.32 Å². The molecule has 1 aromatic carbocycles. The number of carbonyl (C=O) groups excluding carboxylic acids is 1. The van der Waals surface area contributed by atoms with E-state index in [4.69, 9.17) is 0 Å². The fraction of sp³-hybridized carbons (Fsp3) is 0.438. The van der Waals surface area contributed by atoms with Gasteiger partial charge in [-0.15, -0.1) is 0 Å². The molecule has 110 valence electrons. The van der Waals surface area contributed by atoms with E-state index in [0.717, 1.165) is 49.2 Å². The molecule has 1 saturated heterocycles. The molecular weight excluding hydrogens is 264 g/mol. The van der Waals surface area contributed by atoms with E-state index in [9.17, 15) is 4.79 Å². The highest BCUT2D eigenvalue weighted by Gasteiger charge is 2.18. The van der Waals surface area contributed by atoms with Crippen LogP contribution in [-0.2, 0) is 4.79 Å². The Kier molecular flexibility index (Phi) is 3.99. The Morgan fingerprint density at radius 2 is 2.24 bits per heavy atom. The van der Waals surface area contributed by atoms with Crippen LogP contribution in [0, 0.1) is 6.92 Å². The molecule has 0 unspecified atom stereocenters. The fourth-order valence-corrected chi connectivity index (χ4v) is 2.83. The lowest BCUT2D eigenvalue weighted by Crippen LogP contribution is -2.27. The second-order valence-corrected chi connectivity index (χ2v) is 5.46. The maximum atomic E-state index is 11.5. The molecule has 5 nitrogen and oxygen atoms in total. The molecule has 3 rings (SSSR count). The number of benzene rings is 1. The van der Waals surface area contributed by atoms with Gasteiger partial charge in [0.1, 0.15) is 12.1 Å². The summed E-state index contributed by atoms with van der Waals surface area (Å²) >= 11 is 0. The van der Waals surface area contributed by atoms with E-state index in [1.807, 2.05) is 17.0 Å². The lowest BCUT2D eigenvalue weighted by Gasteiger charge is -2.16. The fourth-order valence-electron chi connectivity index (χ4n) is 2.83. The van der Waals surface area contributed by atoms with Gasteiger partial charge in [0.15, 0.2) is 0 Å². The molecule has 1 N–H and O–H groups in total. The predicted octanol–water partition coefficient (Wildman–Crippen LogP) is 2.36. The molecule has 1 aliphatic rings. The largest absolute Gasteiger partial charge is 0.369 e. The zero-order valence-electron chi connectivity index (χ0n) is 12.3. The highest BCUT2D eigenvalue weighted by Crippen LogP contribution is 2.22. The number of nitrogens with one attached hydrogen (secondary N) is 1. The third kappa shape index (κ3) is 2.96. The Labute approximate surface area is 124 Å². The smallest absolute Gasteiger partial charge is 0.222 e. The molecule has 1 aromatic heterocycles. The first-order chi connectivity index (χ1) is 10.3. The van der Waals surface area contributed by atoms with Crippen molar-refractivity contribution in [1.82, 2.24) is 14.9 Å². The zero-order chi connectivity index (χ0) is 14.7. The Morgan fingerprint density at radius 3 is 3.05 bits per heavy atom. The molecular formula is C16H20N4O. The van der Waals surface area contributed by atoms with Gasteiger partial charge in [0, 0.05) is 31.4 Å². The SMILES string of the molecule is Cc1cccc2ncnc(NCCCN3CCCC3=O)c12. The number of aromatic nitrogens is 2. The summed E-state index contributed by atoms with van der Waals surface area (Å²) < 4.78 is 0. The molecule has 21 heavy (non-hydrogen) atoms. The third-order valence-corrected chi connectivity index (χ3v) is 3.94. The molecule has 0 aliphatic carbocycles. The summed E-state index contributed by atoms with van der Waals surface area (Å²) in [6.45, 7) is 4.62. The Bertz CT molecular complexity index is 651. The summed E-state index contributed by atoms with van der Waals surface area (Å²) in [5.41, 5.74) is 2.13. The molecule has 1 aliphatic heterocycles. The summed E-state index contributed by atoms with van der Waals surface area (Å²) in [5.74, 6) is 1.17. The first-order valence-electron chi connectivity index (χ1n) is 7.47. The number of amides is 1. The number of fused-ring (bicyclic) bond motifs is 1. The first kappa shape index (κ1) is 13.8. The molecule has 2 heterocycles. The van der Waals surface area contributed by atoms with Crippen LogP contribution in [0.5, 0.6) is 0 Å². The number of carbonyl (C=O) groups is 1. The second-order valence-electron chi connectivity index (χ2n) is 5.46. The second kappa shape index (κ2) is 6.08. The van der Waals surface area contributed by atoms with Crippen molar-refractivity contribution in [2.45, 2.75) is 26.2 Å². The summed E-state index contributed by atoms with van der Waals surface area (Å²) in [6, 6.07) is 6.07. The van der Waals surface area contributed by atoms with Gasteiger partial charge in [-0.1, -0.05) is 12.1 Å². The maximum absolute atomic E-state index is 11.5. The van der Waals surface area contributed by atoms with Crippen LogP contribution >= 0.6 is 0 Å². The van der Waals surface area contributed by atoms with Gasteiger partial charge < -0.3 is 10.2 Å². The Balaban J connectivity index is 1.62. The molecule has 1 fully saturated rings. The molecule has 0 atom stereocenters. The average molecular weight is 284 g/mol. The molecule has 0 saturated carbocycles. The van der Waals surface area contributed by atoms with Gasteiger partial charge in [0.05, 0.1) is 5.52 Å². The van der Waals surface area contributed by atoms with Crippen LogP contribution in [0.15, 0.2) is 24.5 Å². The normalized spacial score (nSPS) is 14.9. The standard InChI is InChI=1S/C16H20N4O/c1-12-5-2-6-13-15(12)16(19-11-18-13)17-8-4-10-20-9-3-7-14(20)21/h2,5-6,11H,3-4,7-10H2,1H3,(H,17,18,19). The van der Waals surface area contributed by atoms with Gasteiger partial charge >= 0.3 is 0 Å². The predicted molar refractivity (Wildman–Crippen MR) is 83.2 cm³/mol. The van der Waals surface area contributed by atoms with Crippen molar-refractivity contribution in [2.24, 2.45) is 0 Å². The molecule has 0 bridgehead atoms. The van der Waals surface area contributed by atoms with Crippen molar-refractivity contribution in [2.75, 3.05) is 25.0 Å². The summed E-state index contributed by atoms with van der Waals surface area (Å²) in [6.07, 6.45) is 4.24. The average Bonchev–Trinajstić information content (AvgIpc) is 2.89. The lowest BCUT2D eigenvalue weighted by atomic mass is 10.1. The topological polar surface area (TPSA) is 58.1 Å². The minimum atomic E-state index is 0.290. The highest BCUT2D eigenvalue weighted by molar-refractivity contribution is 5.91. The van der Waals surface area contributed by atoms with Crippen molar-refractivity contribution < 1.29 is 4.79 Å². The molecule has 2 aromatic rings. The number of rotatable bonds is 5. The molecule has 5 heteroatoms. The number of hydrogen-bond acceptors (Lipinski definition) is 4.